The summed E-state index contributed by atoms with van der Waals surface area (Å²) in [4.78, 5) is 0. The van der Waals surface area contributed by atoms with Crippen LogP contribution in [-0.2, 0) is 26.2 Å². The number of hydrogen-bond acceptors (Lipinski definition) is 2. The fourth-order valence-electron chi connectivity index (χ4n) is 3.96. The number of benzene rings is 4. The molecule has 0 spiro atoms. The van der Waals surface area contributed by atoms with Gasteiger partial charge in [0.2, 0.25) is 0 Å². The molecule has 0 aliphatic heterocycles. The van der Waals surface area contributed by atoms with E-state index in [-0.39, 0.29) is 0 Å². The second-order valence-corrected chi connectivity index (χ2v) is 10.1. The van der Waals surface area contributed by atoms with Crippen molar-refractivity contribution in [2.75, 3.05) is 0 Å². The van der Waals surface area contributed by atoms with Gasteiger partial charge in [-0.1, -0.05) is 121 Å². The highest BCUT2D eigenvalue weighted by molar-refractivity contribution is 6.28. The van der Waals surface area contributed by atoms with Crippen LogP contribution in [0.25, 0.3) is 0 Å². The van der Waals surface area contributed by atoms with Gasteiger partial charge in [0.05, 0.1) is 0 Å². The molecule has 0 radical (unpaired) electrons. The van der Waals surface area contributed by atoms with E-state index in [9.17, 15) is 0 Å². The quantitative estimate of drug-likeness (QED) is 0.316. The first-order chi connectivity index (χ1) is 15.3. The molecule has 0 amide bonds. The lowest BCUT2D eigenvalue weighted by molar-refractivity contribution is 0.343. The first-order valence-electron chi connectivity index (χ1n) is 11.0. The zero-order valence-corrected chi connectivity index (χ0v) is 19.4. The predicted octanol–water partition coefficient (Wildman–Crippen LogP) is 5.39. The van der Waals surface area contributed by atoms with Crippen molar-refractivity contribution in [2.45, 2.75) is 26.2 Å². The van der Waals surface area contributed by atoms with Crippen LogP contribution in [0.4, 0.5) is 0 Å². The van der Waals surface area contributed by atoms with E-state index in [2.05, 4.69) is 130 Å². The summed E-state index contributed by atoms with van der Waals surface area (Å²) in [5, 5.41) is 0. The second-order valence-electron chi connectivity index (χ2n) is 8.06. The molecule has 0 unspecified atom stereocenters. The van der Waals surface area contributed by atoms with Crippen LogP contribution in [0.15, 0.2) is 121 Å². The lowest BCUT2D eigenvalue weighted by Gasteiger charge is -2.30. The summed E-state index contributed by atoms with van der Waals surface area (Å²) in [7, 11) is -0.669. The molecular formula is C28H30N2Si. The average molecular weight is 423 g/mol. The molecule has 31 heavy (non-hydrogen) atoms. The molecule has 0 aromatic heterocycles. The lowest BCUT2D eigenvalue weighted by Crippen LogP contribution is -2.40. The number of rotatable bonds is 10. The van der Waals surface area contributed by atoms with Gasteiger partial charge in [-0.15, -0.1) is 0 Å². The summed E-state index contributed by atoms with van der Waals surface area (Å²) in [6.07, 6.45) is 0. The smallest absolute Gasteiger partial charge is 0.174 e. The van der Waals surface area contributed by atoms with Crippen LogP contribution in [0.3, 0.4) is 0 Å². The Morgan fingerprint density at radius 3 is 0.806 bits per heavy atom. The van der Waals surface area contributed by atoms with E-state index in [0.717, 1.165) is 26.2 Å². The van der Waals surface area contributed by atoms with Crippen LogP contribution in [0, 0.1) is 0 Å². The van der Waals surface area contributed by atoms with Crippen molar-refractivity contribution in [3.05, 3.63) is 144 Å². The summed E-state index contributed by atoms with van der Waals surface area (Å²) >= 11 is 0. The fourth-order valence-corrected chi connectivity index (χ4v) is 5.96. The molecule has 0 aliphatic carbocycles. The molecule has 0 atom stereocenters. The largest absolute Gasteiger partial charge is 0.308 e. The Hall–Kier alpha value is -2.98. The Bertz CT molecular complexity index is 840. The Balaban J connectivity index is 1.55. The molecule has 0 heterocycles. The van der Waals surface area contributed by atoms with Gasteiger partial charge in [-0.3, -0.25) is 0 Å². The van der Waals surface area contributed by atoms with E-state index in [1.807, 2.05) is 0 Å². The highest BCUT2D eigenvalue weighted by Crippen LogP contribution is 2.14. The first kappa shape index (κ1) is 21.3. The van der Waals surface area contributed by atoms with Crippen LogP contribution in [0.2, 0.25) is 0 Å². The van der Waals surface area contributed by atoms with Crippen molar-refractivity contribution in [2.24, 2.45) is 0 Å². The first-order valence-corrected chi connectivity index (χ1v) is 12.2. The summed E-state index contributed by atoms with van der Waals surface area (Å²) in [6.45, 7) is 3.95. The average Bonchev–Trinajstić information content (AvgIpc) is 2.82. The fraction of sp³-hybridized carbons (Fsp3) is 0.143. The van der Waals surface area contributed by atoms with Gasteiger partial charge in [0, 0.05) is 26.2 Å². The van der Waals surface area contributed by atoms with E-state index in [1.165, 1.54) is 22.3 Å². The van der Waals surface area contributed by atoms with E-state index in [1.54, 1.807) is 0 Å². The molecule has 0 bridgehead atoms. The molecule has 0 saturated carbocycles. The van der Waals surface area contributed by atoms with Gasteiger partial charge < -0.3 is 9.13 Å². The number of nitrogens with zero attached hydrogens (tertiary/aromatic N) is 2. The summed E-state index contributed by atoms with van der Waals surface area (Å²) in [6, 6.07) is 43.5. The van der Waals surface area contributed by atoms with E-state index in [0.29, 0.717) is 0 Å². The Morgan fingerprint density at radius 1 is 0.355 bits per heavy atom. The van der Waals surface area contributed by atoms with E-state index in [4.69, 9.17) is 0 Å². The Kier molecular flexibility index (Phi) is 7.83. The minimum Gasteiger partial charge on any atom is -0.308 e. The monoisotopic (exact) mass is 422 g/mol. The van der Waals surface area contributed by atoms with Crippen molar-refractivity contribution in [1.82, 2.24) is 9.13 Å². The van der Waals surface area contributed by atoms with Crippen molar-refractivity contribution >= 4 is 9.84 Å². The lowest BCUT2D eigenvalue weighted by atomic mass is 10.2. The normalized spacial score (nSPS) is 11.2. The highest BCUT2D eigenvalue weighted by atomic mass is 28.2. The summed E-state index contributed by atoms with van der Waals surface area (Å²) < 4.78 is 5.35. The molecule has 4 aromatic rings. The minimum absolute atomic E-state index is 0.669. The molecular weight excluding hydrogens is 392 g/mol. The van der Waals surface area contributed by atoms with Gasteiger partial charge in [0.25, 0.3) is 0 Å². The third-order valence-corrected chi connectivity index (χ3v) is 7.09. The molecule has 0 fully saturated rings. The molecule has 4 rings (SSSR count). The maximum atomic E-state index is 2.68. The number of hydrogen-bond donors (Lipinski definition) is 0. The van der Waals surface area contributed by atoms with Crippen LogP contribution in [0.5, 0.6) is 0 Å². The third-order valence-electron chi connectivity index (χ3n) is 5.40. The van der Waals surface area contributed by atoms with Gasteiger partial charge in [-0.05, 0) is 22.3 Å². The van der Waals surface area contributed by atoms with Crippen molar-refractivity contribution in [3.8, 4) is 0 Å². The van der Waals surface area contributed by atoms with Gasteiger partial charge in [0.15, 0.2) is 9.84 Å². The zero-order valence-electron chi connectivity index (χ0n) is 18.0. The third kappa shape index (κ3) is 7.04. The van der Waals surface area contributed by atoms with Crippen LogP contribution < -0.4 is 0 Å². The van der Waals surface area contributed by atoms with Gasteiger partial charge >= 0.3 is 0 Å². The van der Waals surface area contributed by atoms with E-state index < -0.39 is 9.84 Å². The standard InChI is InChI=1S/C28H30N2Si/c1-5-13-25(14-6-1)21-29(22-26-15-7-2-8-16-26)31-30(23-27-17-9-3-10-18-27)24-28-19-11-4-12-20-28/h1-20H,21-24,31H2. The summed E-state index contributed by atoms with van der Waals surface area (Å²) in [5.41, 5.74) is 5.52. The minimum atomic E-state index is -0.669. The van der Waals surface area contributed by atoms with Crippen LogP contribution >= 0.6 is 0 Å². The molecule has 156 valence electrons. The van der Waals surface area contributed by atoms with Crippen LogP contribution in [-0.4, -0.2) is 19.0 Å². The van der Waals surface area contributed by atoms with Gasteiger partial charge in [-0.25, -0.2) is 0 Å². The maximum absolute atomic E-state index is 2.68. The van der Waals surface area contributed by atoms with Gasteiger partial charge in [0.1, 0.15) is 0 Å². The molecule has 0 saturated heterocycles. The molecule has 0 aliphatic rings. The van der Waals surface area contributed by atoms with Crippen LogP contribution in [0.1, 0.15) is 22.3 Å². The topological polar surface area (TPSA) is 6.48 Å². The Morgan fingerprint density at radius 2 is 0.581 bits per heavy atom. The molecule has 4 aromatic carbocycles. The van der Waals surface area contributed by atoms with Crippen molar-refractivity contribution in [3.63, 3.8) is 0 Å². The van der Waals surface area contributed by atoms with Crippen molar-refractivity contribution in [1.29, 1.82) is 0 Å². The molecule has 0 N–H and O–H groups in total. The van der Waals surface area contributed by atoms with Gasteiger partial charge in [-0.2, -0.15) is 0 Å². The zero-order chi connectivity index (χ0) is 21.1. The summed E-state index contributed by atoms with van der Waals surface area (Å²) in [5.74, 6) is 0. The maximum Gasteiger partial charge on any atom is 0.174 e. The second kappa shape index (κ2) is 11.4. The molecule has 3 heteroatoms. The van der Waals surface area contributed by atoms with Crippen molar-refractivity contribution < 1.29 is 0 Å². The van der Waals surface area contributed by atoms with E-state index >= 15 is 0 Å². The Labute approximate surface area is 188 Å². The predicted molar refractivity (Wildman–Crippen MR) is 133 cm³/mol. The highest BCUT2D eigenvalue weighted by Gasteiger charge is 2.15. The molecule has 2 nitrogen and oxygen atoms in total. The SMILES string of the molecule is c1ccc(CN(Cc2ccccc2)[SiH2]N(Cc2ccccc2)Cc2ccccc2)cc1.